The van der Waals surface area contributed by atoms with Crippen molar-refractivity contribution in [3.8, 4) is 0 Å². The van der Waals surface area contributed by atoms with Crippen LogP contribution < -0.4 is 5.32 Å². The molecule has 1 N–H and O–H groups in total. The number of carbonyl (C=O) groups is 1. The van der Waals surface area contributed by atoms with E-state index in [1.165, 1.54) is 0 Å². The van der Waals surface area contributed by atoms with Crippen LogP contribution in [0.15, 0.2) is 30.7 Å². The summed E-state index contributed by atoms with van der Waals surface area (Å²) in [6.07, 6.45) is 5.42. The minimum absolute atomic E-state index is 0.347. The van der Waals surface area contributed by atoms with Gasteiger partial charge in [-0.1, -0.05) is 0 Å². The summed E-state index contributed by atoms with van der Waals surface area (Å²) < 4.78 is 6.84. The van der Waals surface area contributed by atoms with Gasteiger partial charge in [0.1, 0.15) is 11.4 Å². The average molecular weight is 274 g/mol. The average Bonchev–Trinajstić information content (AvgIpc) is 2.85. The molecule has 0 bridgehead atoms. The lowest BCUT2D eigenvalue weighted by atomic mass is 10.2. The molecule has 0 atom stereocenters. The minimum Gasteiger partial charge on any atom is -0.462 e. The number of anilines is 1. The Morgan fingerprint density at radius 1 is 1.50 bits per heavy atom. The Balaban J connectivity index is 1.97. The van der Waals surface area contributed by atoms with E-state index >= 15 is 0 Å². The number of aryl methyl sites for hydroxylation is 1. The molecular formula is C14H18N4O2. The highest BCUT2D eigenvalue weighted by Gasteiger charge is 2.12. The van der Waals surface area contributed by atoms with Crippen LogP contribution in [0, 0.1) is 6.92 Å². The first-order valence-corrected chi connectivity index (χ1v) is 6.55. The highest BCUT2D eigenvalue weighted by Crippen LogP contribution is 2.12. The number of nitrogens with one attached hydrogen (secondary N) is 1. The van der Waals surface area contributed by atoms with E-state index in [0.29, 0.717) is 31.1 Å². The van der Waals surface area contributed by atoms with E-state index in [1.54, 1.807) is 25.3 Å². The second kappa shape index (κ2) is 6.70. The molecule has 0 saturated carbocycles. The van der Waals surface area contributed by atoms with E-state index in [0.717, 1.165) is 5.56 Å². The van der Waals surface area contributed by atoms with Gasteiger partial charge in [-0.25, -0.2) is 9.78 Å². The molecule has 0 aliphatic rings. The van der Waals surface area contributed by atoms with Gasteiger partial charge in [0.2, 0.25) is 0 Å². The molecule has 0 aliphatic heterocycles. The predicted octanol–water partition coefficient (Wildman–Crippen LogP) is 1.88. The van der Waals surface area contributed by atoms with Crippen molar-refractivity contribution in [1.82, 2.24) is 14.8 Å². The highest BCUT2D eigenvalue weighted by molar-refractivity contribution is 5.94. The Morgan fingerprint density at radius 2 is 2.35 bits per heavy atom. The molecule has 2 aromatic rings. The quantitative estimate of drug-likeness (QED) is 0.814. The molecule has 0 amide bonds. The number of rotatable bonds is 6. The molecule has 20 heavy (non-hydrogen) atoms. The van der Waals surface area contributed by atoms with Gasteiger partial charge in [0.15, 0.2) is 0 Å². The maximum absolute atomic E-state index is 11.8. The molecule has 6 heteroatoms. The zero-order valence-corrected chi connectivity index (χ0v) is 11.7. The summed E-state index contributed by atoms with van der Waals surface area (Å²) in [6.45, 7) is 5.45. The highest BCUT2D eigenvalue weighted by atomic mass is 16.5. The Labute approximate surface area is 117 Å². The van der Waals surface area contributed by atoms with Gasteiger partial charge in [0.25, 0.3) is 0 Å². The molecule has 0 saturated heterocycles. The van der Waals surface area contributed by atoms with Crippen LogP contribution in [0.5, 0.6) is 0 Å². The molecule has 0 radical (unpaired) electrons. The maximum atomic E-state index is 11.8. The van der Waals surface area contributed by atoms with E-state index in [9.17, 15) is 4.79 Å². The van der Waals surface area contributed by atoms with Crippen molar-refractivity contribution in [2.75, 3.05) is 18.5 Å². The van der Waals surface area contributed by atoms with Gasteiger partial charge >= 0.3 is 5.97 Å². The van der Waals surface area contributed by atoms with Crippen LogP contribution in [0.1, 0.15) is 22.8 Å². The normalized spacial score (nSPS) is 10.3. The van der Waals surface area contributed by atoms with Gasteiger partial charge in [-0.15, -0.1) is 0 Å². The molecule has 0 unspecified atom stereocenters. The van der Waals surface area contributed by atoms with Crippen molar-refractivity contribution in [2.24, 2.45) is 0 Å². The third-order valence-electron chi connectivity index (χ3n) is 2.70. The van der Waals surface area contributed by atoms with E-state index in [2.05, 4.69) is 15.4 Å². The SMILES string of the molecule is CCOC(=O)c1cccnc1NCCn1cc(C)cn1. The molecule has 6 nitrogen and oxygen atoms in total. The molecule has 106 valence electrons. The van der Waals surface area contributed by atoms with Crippen molar-refractivity contribution in [3.05, 3.63) is 41.9 Å². The molecule has 2 heterocycles. The minimum atomic E-state index is -0.363. The summed E-state index contributed by atoms with van der Waals surface area (Å²) in [5.74, 6) is 0.174. The summed E-state index contributed by atoms with van der Waals surface area (Å²) in [4.78, 5) is 16.0. The first kappa shape index (κ1) is 14.0. The van der Waals surface area contributed by atoms with Crippen LogP contribution in [0.3, 0.4) is 0 Å². The summed E-state index contributed by atoms with van der Waals surface area (Å²) in [5, 5.41) is 7.34. The second-order valence-corrected chi connectivity index (χ2v) is 4.33. The summed E-state index contributed by atoms with van der Waals surface area (Å²) >= 11 is 0. The first-order chi connectivity index (χ1) is 9.70. The van der Waals surface area contributed by atoms with Crippen LogP contribution in [0.25, 0.3) is 0 Å². The zero-order valence-electron chi connectivity index (χ0n) is 11.7. The second-order valence-electron chi connectivity index (χ2n) is 4.33. The number of pyridine rings is 1. The first-order valence-electron chi connectivity index (χ1n) is 6.55. The van der Waals surface area contributed by atoms with Gasteiger partial charge in [0.05, 0.1) is 19.3 Å². The van der Waals surface area contributed by atoms with E-state index in [1.807, 2.05) is 24.0 Å². The molecule has 0 spiro atoms. The van der Waals surface area contributed by atoms with Crippen molar-refractivity contribution < 1.29 is 9.53 Å². The van der Waals surface area contributed by atoms with Gasteiger partial charge in [-0.05, 0) is 31.5 Å². The van der Waals surface area contributed by atoms with Crippen LogP contribution in [0.2, 0.25) is 0 Å². The monoisotopic (exact) mass is 274 g/mol. The lowest BCUT2D eigenvalue weighted by Gasteiger charge is -2.10. The molecule has 2 aromatic heterocycles. The Bertz CT molecular complexity index is 580. The number of hydrogen-bond acceptors (Lipinski definition) is 5. The van der Waals surface area contributed by atoms with Crippen molar-refractivity contribution in [3.63, 3.8) is 0 Å². The fraction of sp³-hybridized carbons (Fsp3) is 0.357. The molecule has 2 rings (SSSR count). The fourth-order valence-corrected chi connectivity index (χ4v) is 1.80. The molecule has 0 aliphatic carbocycles. The third-order valence-corrected chi connectivity index (χ3v) is 2.70. The number of ether oxygens (including phenoxy) is 1. The standard InChI is InChI=1S/C14H18N4O2/c1-3-20-14(19)12-5-4-6-15-13(12)16-7-8-18-10-11(2)9-17-18/h4-6,9-10H,3,7-8H2,1-2H3,(H,15,16). The molecular weight excluding hydrogens is 256 g/mol. The van der Waals surface area contributed by atoms with Crippen molar-refractivity contribution in [2.45, 2.75) is 20.4 Å². The van der Waals surface area contributed by atoms with Crippen LogP contribution in [-0.2, 0) is 11.3 Å². The van der Waals surface area contributed by atoms with Gasteiger partial charge in [0, 0.05) is 18.9 Å². The summed E-state index contributed by atoms with van der Waals surface area (Å²) in [5.41, 5.74) is 1.57. The number of nitrogens with zero attached hydrogens (tertiary/aromatic N) is 3. The maximum Gasteiger partial charge on any atom is 0.341 e. The smallest absolute Gasteiger partial charge is 0.341 e. The zero-order chi connectivity index (χ0) is 14.4. The van der Waals surface area contributed by atoms with Crippen LogP contribution in [-0.4, -0.2) is 33.9 Å². The summed E-state index contributed by atoms with van der Waals surface area (Å²) in [6, 6.07) is 3.42. The van der Waals surface area contributed by atoms with Crippen molar-refractivity contribution >= 4 is 11.8 Å². The van der Waals surface area contributed by atoms with Gasteiger partial charge in [-0.2, -0.15) is 5.10 Å². The fourth-order valence-electron chi connectivity index (χ4n) is 1.80. The third kappa shape index (κ3) is 3.57. The molecule has 0 fully saturated rings. The summed E-state index contributed by atoms with van der Waals surface area (Å²) in [7, 11) is 0. The van der Waals surface area contributed by atoms with Gasteiger partial charge < -0.3 is 10.1 Å². The Morgan fingerprint density at radius 3 is 3.05 bits per heavy atom. The lowest BCUT2D eigenvalue weighted by molar-refractivity contribution is 0.0527. The Hall–Kier alpha value is -2.37. The molecule has 0 aromatic carbocycles. The van der Waals surface area contributed by atoms with Crippen LogP contribution in [0.4, 0.5) is 5.82 Å². The van der Waals surface area contributed by atoms with E-state index < -0.39 is 0 Å². The topological polar surface area (TPSA) is 69.0 Å². The lowest BCUT2D eigenvalue weighted by Crippen LogP contribution is -2.15. The number of esters is 1. The number of hydrogen-bond donors (Lipinski definition) is 1. The van der Waals surface area contributed by atoms with Crippen molar-refractivity contribution in [1.29, 1.82) is 0 Å². The van der Waals surface area contributed by atoms with Gasteiger partial charge in [-0.3, -0.25) is 4.68 Å². The largest absolute Gasteiger partial charge is 0.462 e. The Kier molecular flexibility index (Phi) is 4.70. The number of carbonyl (C=O) groups excluding carboxylic acids is 1. The predicted molar refractivity (Wildman–Crippen MR) is 75.6 cm³/mol. The number of aromatic nitrogens is 3. The van der Waals surface area contributed by atoms with E-state index in [-0.39, 0.29) is 5.97 Å². The van der Waals surface area contributed by atoms with Crippen LogP contribution >= 0.6 is 0 Å². The van der Waals surface area contributed by atoms with E-state index in [4.69, 9.17) is 4.74 Å².